The first-order valence-corrected chi connectivity index (χ1v) is 5.85. The fourth-order valence-electron chi connectivity index (χ4n) is 1.72. The fourth-order valence-corrected chi connectivity index (χ4v) is 1.72. The molecule has 0 heterocycles. The predicted octanol–water partition coefficient (Wildman–Crippen LogP) is 2.98. The van der Waals surface area contributed by atoms with Crippen LogP contribution in [0.2, 0.25) is 0 Å². The molecular formula is C14H12F3NO3. The number of halogens is 3. The molecular weight excluding hydrogens is 287 g/mol. The van der Waals surface area contributed by atoms with Gasteiger partial charge >= 0.3 is 0 Å². The lowest BCUT2D eigenvalue weighted by atomic mass is 10.2. The van der Waals surface area contributed by atoms with Crippen molar-refractivity contribution < 1.29 is 27.8 Å². The molecule has 4 nitrogen and oxygen atoms in total. The number of aromatic hydroxyl groups is 1. The van der Waals surface area contributed by atoms with Crippen LogP contribution in [0.1, 0.15) is 5.56 Å². The second-order valence-electron chi connectivity index (χ2n) is 4.17. The lowest BCUT2D eigenvalue weighted by Crippen LogP contribution is -2.04. The third-order valence-corrected chi connectivity index (χ3v) is 2.82. The van der Waals surface area contributed by atoms with Crippen LogP contribution >= 0.6 is 0 Å². The summed E-state index contributed by atoms with van der Waals surface area (Å²) < 4.78 is 50.1. The highest BCUT2D eigenvalue weighted by Crippen LogP contribution is 2.32. The van der Waals surface area contributed by atoms with E-state index < -0.39 is 29.8 Å². The molecule has 0 aliphatic rings. The van der Waals surface area contributed by atoms with Crippen LogP contribution in [0.5, 0.6) is 17.2 Å². The Hall–Kier alpha value is -2.57. The van der Waals surface area contributed by atoms with Crippen molar-refractivity contribution in [1.29, 1.82) is 0 Å². The van der Waals surface area contributed by atoms with Crippen LogP contribution in [0, 0.1) is 17.5 Å². The second-order valence-corrected chi connectivity index (χ2v) is 4.17. The van der Waals surface area contributed by atoms with Crippen molar-refractivity contribution >= 4 is 5.69 Å². The molecule has 2 rings (SSSR count). The van der Waals surface area contributed by atoms with Crippen LogP contribution in [0.15, 0.2) is 24.3 Å². The van der Waals surface area contributed by atoms with Gasteiger partial charge in [-0.1, -0.05) is 0 Å². The summed E-state index contributed by atoms with van der Waals surface area (Å²) in [6.45, 7) is -0.425. The number of ether oxygens (including phenoxy) is 2. The molecule has 0 amide bonds. The van der Waals surface area contributed by atoms with Crippen molar-refractivity contribution in [2.24, 2.45) is 0 Å². The SMILES string of the molecule is COc1ccc(F)c(F)c1COc1cc(N)c(F)cc1O. The Labute approximate surface area is 118 Å². The van der Waals surface area contributed by atoms with Crippen molar-refractivity contribution in [3.63, 3.8) is 0 Å². The summed E-state index contributed by atoms with van der Waals surface area (Å²) in [5.41, 5.74) is 4.94. The number of hydrogen-bond donors (Lipinski definition) is 2. The van der Waals surface area contributed by atoms with E-state index in [0.29, 0.717) is 0 Å². The van der Waals surface area contributed by atoms with Gasteiger partial charge in [0.2, 0.25) is 0 Å². The summed E-state index contributed by atoms with van der Waals surface area (Å²) in [5.74, 6) is -3.56. The standard InChI is InChI=1S/C14H12F3NO3/c1-20-12-3-2-8(15)14(17)7(12)6-21-13-5-10(18)9(16)4-11(13)19/h2-5,19H,6,18H2,1H3. The van der Waals surface area contributed by atoms with Gasteiger partial charge in [0.25, 0.3) is 0 Å². The second kappa shape index (κ2) is 5.82. The van der Waals surface area contributed by atoms with Crippen LogP contribution in [0.4, 0.5) is 18.9 Å². The van der Waals surface area contributed by atoms with Crippen molar-refractivity contribution in [1.82, 2.24) is 0 Å². The molecule has 0 fully saturated rings. The Morgan fingerprint density at radius 2 is 1.81 bits per heavy atom. The third-order valence-electron chi connectivity index (χ3n) is 2.82. The van der Waals surface area contributed by atoms with Crippen molar-refractivity contribution in [2.45, 2.75) is 6.61 Å². The summed E-state index contributed by atoms with van der Waals surface area (Å²) in [4.78, 5) is 0. The largest absolute Gasteiger partial charge is 0.504 e. The Kier molecular flexibility index (Phi) is 4.11. The van der Waals surface area contributed by atoms with Crippen LogP contribution in [-0.4, -0.2) is 12.2 Å². The van der Waals surface area contributed by atoms with E-state index in [1.54, 1.807) is 0 Å². The van der Waals surface area contributed by atoms with E-state index in [0.717, 1.165) is 18.2 Å². The first-order chi connectivity index (χ1) is 9.93. The average Bonchev–Trinajstić information content (AvgIpc) is 2.45. The van der Waals surface area contributed by atoms with E-state index in [2.05, 4.69) is 0 Å². The summed E-state index contributed by atoms with van der Waals surface area (Å²) in [5, 5.41) is 9.52. The quantitative estimate of drug-likeness (QED) is 0.673. The van der Waals surface area contributed by atoms with Gasteiger partial charge in [0, 0.05) is 12.1 Å². The molecule has 0 saturated carbocycles. The van der Waals surface area contributed by atoms with Gasteiger partial charge in [-0.2, -0.15) is 0 Å². The Balaban J connectivity index is 2.28. The minimum absolute atomic E-state index is 0.0865. The molecule has 0 spiro atoms. The van der Waals surface area contributed by atoms with E-state index in [1.807, 2.05) is 0 Å². The highest BCUT2D eigenvalue weighted by atomic mass is 19.2. The zero-order valence-electron chi connectivity index (χ0n) is 11.0. The van der Waals surface area contributed by atoms with Gasteiger partial charge < -0.3 is 20.3 Å². The average molecular weight is 299 g/mol. The highest BCUT2D eigenvalue weighted by molar-refractivity contribution is 5.52. The number of phenolic OH excluding ortho intramolecular Hbond substituents is 1. The molecule has 0 atom stereocenters. The molecule has 0 aromatic heterocycles. The lowest BCUT2D eigenvalue weighted by molar-refractivity contribution is 0.272. The maximum atomic E-state index is 13.7. The van der Waals surface area contributed by atoms with Gasteiger partial charge in [0.05, 0.1) is 18.4 Å². The normalized spacial score (nSPS) is 10.5. The molecule has 0 bridgehead atoms. The van der Waals surface area contributed by atoms with E-state index >= 15 is 0 Å². The van der Waals surface area contributed by atoms with Gasteiger partial charge in [0.15, 0.2) is 23.1 Å². The zero-order chi connectivity index (χ0) is 15.6. The number of methoxy groups -OCH3 is 1. The smallest absolute Gasteiger partial charge is 0.169 e. The molecule has 0 aliphatic heterocycles. The molecule has 0 aliphatic carbocycles. The minimum atomic E-state index is -1.12. The highest BCUT2D eigenvalue weighted by Gasteiger charge is 2.16. The van der Waals surface area contributed by atoms with Crippen LogP contribution in [-0.2, 0) is 6.61 Å². The van der Waals surface area contributed by atoms with E-state index in [1.165, 1.54) is 13.2 Å². The minimum Gasteiger partial charge on any atom is -0.504 e. The van der Waals surface area contributed by atoms with Crippen molar-refractivity contribution in [3.05, 3.63) is 47.3 Å². The van der Waals surface area contributed by atoms with E-state index in [-0.39, 0.29) is 22.7 Å². The third kappa shape index (κ3) is 2.96. The van der Waals surface area contributed by atoms with Crippen LogP contribution < -0.4 is 15.2 Å². The number of hydrogen-bond acceptors (Lipinski definition) is 4. The van der Waals surface area contributed by atoms with Gasteiger partial charge in [-0.15, -0.1) is 0 Å². The molecule has 2 aromatic rings. The Morgan fingerprint density at radius 3 is 2.48 bits per heavy atom. The Morgan fingerprint density at radius 1 is 1.10 bits per heavy atom. The number of rotatable bonds is 4. The Bertz CT molecular complexity index is 677. The number of benzene rings is 2. The molecule has 3 N–H and O–H groups in total. The molecule has 112 valence electrons. The number of anilines is 1. The zero-order valence-corrected chi connectivity index (χ0v) is 11.0. The van der Waals surface area contributed by atoms with Gasteiger partial charge in [-0.3, -0.25) is 0 Å². The molecule has 21 heavy (non-hydrogen) atoms. The van der Waals surface area contributed by atoms with Gasteiger partial charge in [-0.05, 0) is 12.1 Å². The monoisotopic (exact) mass is 299 g/mol. The van der Waals surface area contributed by atoms with Crippen molar-refractivity contribution in [3.8, 4) is 17.2 Å². The molecule has 7 heteroatoms. The van der Waals surface area contributed by atoms with E-state index in [9.17, 15) is 18.3 Å². The van der Waals surface area contributed by atoms with Gasteiger partial charge in [0.1, 0.15) is 18.2 Å². The topological polar surface area (TPSA) is 64.7 Å². The number of phenols is 1. The molecule has 2 aromatic carbocycles. The van der Waals surface area contributed by atoms with Gasteiger partial charge in [-0.25, -0.2) is 13.2 Å². The summed E-state index contributed by atoms with van der Waals surface area (Å²) >= 11 is 0. The van der Waals surface area contributed by atoms with Crippen molar-refractivity contribution in [2.75, 3.05) is 12.8 Å². The lowest BCUT2D eigenvalue weighted by Gasteiger charge is -2.13. The van der Waals surface area contributed by atoms with Crippen LogP contribution in [0.3, 0.4) is 0 Å². The maximum absolute atomic E-state index is 13.7. The molecule has 0 radical (unpaired) electrons. The fraction of sp³-hybridized carbons (Fsp3) is 0.143. The summed E-state index contributed by atoms with van der Waals surface area (Å²) in [6.07, 6.45) is 0. The first-order valence-electron chi connectivity index (χ1n) is 5.85. The summed E-state index contributed by atoms with van der Waals surface area (Å²) in [7, 11) is 1.30. The predicted molar refractivity (Wildman–Crippen MR) is 69.7 cm³/mol. The first kappa shape index (κ1) is 14.8. The number of nitrogens with two attached hydrogens (primary N) is 1. The molecule has 0 saturated heterocycles. The van der Waals surface area contributed by atoms with Crippen LogP contribution in [0.25, 0.3) is 0 Å². The number of nitrogen functional groups attached to an aromatic ring is 1. The summed E-state index contributed by atoms with van der Waals surface area (Å²) in [6, 6.07) is 3.99. The molecule has 0 unspecified atom stereocenters. The van der Waals surface area contributed by atoms with E-state index in [4.69, 9.17) is 15.2 Å². The maximum Gasteiger partial charge on any atom is 0.169 e.